The van der Waals surface area contributed by atoms with Gasteiger partial charge in [0.1, 0.15) is 11.5 Å². The second-order valence-electron chi connectivity index (χ2n) is 8.44. The molecule has 0 fully saturated rings. The number of benzene rings is 2. The number of tetrazole rings is 1. The van der Waals surface area contributed by atoms with Gasteiger partial charge in [-0.05, 0) is 43.4 Å². The number of hydrogen-bond acceptors (Lipinski definition) is 5. The molecular weight excluding hydrogens is 399 g/mol. The standard InChI is InChI=1S/C24H31N4O2.Na/c1-5-18-15-20(19-11-9-17(2)10-12-19)21(29)16-22(18)30-14-8-6-7-13-24(3,4)23-25-27-28-26-23;/h9-12,15-16H,5-8,13-14H2,1-4H3,(H-,25,26,27,28,29);/q-1;+1. The first-order valence-corrected chi connectivity index (χ1v) is 10.7. The van der Waals surface area contributed by atoms with Gasteiger partial charge in [0.05, 0.1) is 6.61 Å². The van der Waals surface area contributed by atoms with Gasteiger partial charge in [-0.1, -0.05) is 63.4 Å². The van der Waals surface area contributed by atoms with Gasteiger partial charge in [0.25, 0.3) is 0 Å². The number of aryl methyl sites for hydroxylation is 2. The van der Waals surface area contributed by atoms with Crippen LogP contribution < -0.4 is 39.5 Å². The Morgan fingerprint density at radius 3 is 2.45 bits per heavy atom. The number of aromatic hydroxyl groups is 1. The van der Waals surface area contributed by atoms with Crippen molar-refractivity contribution in [2.24, 2.45) is 0 Å². The topological polar surface area (TPSA) is 82.2 Å². The number of unbranched alkanes of at least 4 members (excludes halogenated alkanes) is 2. The van der Waals surface area contributed by atoms with Gasteiger partial charge in [0.15, 0.2) is 0 Å². The van der Waals surface area contributed by atoms with E-state index >= 15 is 0 Å². The molecule has 0 unspecified atom stereocenters. The molecule has 0 amide bonds. The van der Waals surface area contributed by atoms with Crippen LogP contribution in [-0.4, -0.2) is 27.1 Å². The van der Waals surface area contributed by atoms with Crippen molar-refractivity contribution in [1.82, 2.24) is 20.6 Å². The van der Waals surface area contributed by atoms with E-state index in [2.05, 4.69) is 60.5 Å². The molecular formula is C24H31N4NaO2. The van der Waals surface area contributed by atoms with Crippen molar-refractivity contribution < 1.29 is 39.4 Å². The van der Waals surface area contributed by atoms with Crippen molar-refractivity contribution >= 4 is 0 Å². The molecule has 3 aromatic rings. The van der Waals surface area contributed by atoms with E-state index in [1.807, 2.05) is 18.2 Å². The van der Waals surface area contributed by atoms with Gasteiger partial charge in [-0.3, -0.25) is 15.5 Å². The van der Waals surface area contributed by atoms with E-state index in [9.17, 15) is 5.11 Å². The zero-order chi connectivity index (χ0) is 21.6. The molecule has 0 aliphatic heterocycles. The number of rotatable bonds is 10. The van der Waals surface area contributed by atoms with Crippen LogP contribution in [0.5, 0.6) is 11.5 Å². The number of aromatic nitrogens is 4. The number of ether oxygens (including phenoxy) is 1. The quantitative estimate of drug-likeness (QED) is 0.391. The molecule has 6 nitrogen and oxygen atoms in total. The average Bonchev–Trinajstić information content (AvgIpc) is 3.27. The molecule has 0 aliphatic rings. The third-order valence-corrected chi connectivity index (χ3v) is 5.55. The molecule has 0 spiro atoms. The summed E-state index contributed by atoms with van der Waals surface area (Å²) in [6.45, 7) is 9.04. The van der Waals surface area contributed by atoms with E-state index in [0.717, 1.165) is 54.5 Å². The number of phenolic OH excluding ortho intramolecular Hbond substituents is 1. The fourth-order valence-electron chi connectivity index (χ4n) is 3.54. The zero-order valence-electron chi connectivity index (χ0n) is 19.4. The molecule has 0 aliphatic carbocycles. The van der Waals surface area contributed by atoms with Crippen LogP contribution in [0.15, 0.2) is 36.4 Å². The largest absolute Gasteiger partial charge is 1.00 e. The molecule has 1 aromatic heterocycles. The second kappa shape index (κ2) is 11.7. The summed E-state index contributed by atoms with van der Waals surface area (Å²) in [7, 11) is 0. The Hall–Kier alpha value is -1.89. The minimum absolute atomic E-state index is 0. The van der Waals surface area contributed by atoms with Crippen LogP contribution in [0.3, 0.4) is 0 Å². The predicted molar refractivity (Wildman–Crippen MR) is 118 cm³/mol. The molecule has 0 saturated heterocycles. The first kappa shape index (κ1) is 25.4. The SMILES string of the molecule is CCc1cc(-c2ccc(C)cc2)c(O)cc1OCCCCCC(C)(C)c1nn[n-]n1.[Na+]. The van der Waals surface area contributed by atoms with Crippen LogP contribution in [0.25, 0.3) is 11.1 Å². The maximum absolute atomic E-state index is 10.6. The minimum Gasteiger partial charge on any atom is -0.507 e. The molecule has 2 aromatic carbocycles. The Bertz CT molecular complexity index is 941. The first-order valence-electron chi connectivity index (χ1n) is 10.7. The van der Waals surface area contributed by atoms with Gasteiger partial charge in [0.2, 0.25) is 0 Å². The molecule has 3 rings (SSSR count). The summed E-state index contributed by atoms with van der Waals surface area (Å²) in [6.07, 6.45) is 4.90. The van der Waals surface area contributed by atoms with Crippen molar-refractivity contribution in [3.63, 3.8) is 0 Å². The maximum Gasteiger partial charge on any atom is 1.00 e. The van der Waals surface area contributed by atoms with E-state index in [1.54, 1.807) is 6.07 Å². The number of phenols is 1. The molecule has 1 N–H and O–H groups in total. The molecule has 160 valence electrons. The summed E-state index contributed by atoms with van der Waals surface area (Å²) in [5.41, 5.74) is 4.06. The summed E-state index contributed by atoms with van der Waals surface area (Å²) in [5, 5.41) is 25.7. The predicted octanol–water partition coefficient (Wildman–Crippen LogP) is 1.99. The van der Waals surface area contributed by atoms with Crippen molar-refractivity contribution in [3.05, 3.63) is 53.3 Å². The van der Waals surface area contributed by atoms with E-state index in [0.29, 0.717) is 12.4 Å². The average molecular weight is 431 g/mol. The normalized spacial score (nSPS) is 11.2. The van der Waals surface area contributed by atoms with Gasteiger partial charge in [-0.25, -0.2) is 0 Å². The Kier molecular flexibility index (Phi) is 9.54. The Balaban J connectivity index is 0.00000341. The van der Waals surface area contributed by atoms with Crippen molar-refractivity contribution in [1.29, 1.82) is 0 Å². The van der Waals surface area contributed by atoms with Gasteiger partial charge in [0, 0.05) is 22.9 Å². The Morgan fingerprint density at radius 2 is 1.81 bits per heavy atom. The third kappa shape index (κ3) is 6.79. The van der Waals surface area contributed by atoms with Crippen LogP contribution in [0.1, 0.15) is 63.4 Å². The number of nitrogens with zero attached hydrogens (tertiary/aromatic N) is 4. The fourth-order valence-corrected chi connectivity index (χ4v) is 3.54. The minimum atomic E-state index is -0.114. The van der Waals surface area contributed by atoms with Gasteiger partial charge in [-0.15, -0.1) is 0 Å². The van der Waals surface area contributed by atoms with Gasteiger partial charge < -0.3 is 14.9 Å². The maximum atomic E-state index is 10.6. The molecule has 0 bridgehead atoms. The van der Waals surface area contributed by atoms with E-state index in [4.69, 9.17) is 4.74 Å². The fraction of sp³-hybridized carbons (Fsp3) is 0.458. The molecule has 0 atom stereocenters. The molecule has 31 heavy (non-hydrogen) atoms. The van der Waals surface area contributed by atoms with Gasteiger partial charge in [-0.2, -0.15) is 0 Å². The summed E-state index contributed by atoms with van der Waals surface area (Å²) < 4.78 is 6.02. The van der Waals surface area contributed by atoms with E-state index in [1.165, 1.54) is 5.56 Å². The molecule has 1 heterocycles. The van der Waals surface area contributed by atoms with Crippen LogP contribution in [0.4, 0.5) is 0 Å². The van der Waals surface area contributed by atoms with E-state index < -0.39 is 0 Å². The van der Waals surface area contributed by atoms with E-state index in [-0.39, 0.29) is 40.7 Å². The smallest absolute Gasteiger partial charge is 0.507 e. The van der Waals surface area contributed by atoms with Crippen molar-refractivity contribution in [2.75, 3.05) is 6.61 Å². The third-order valence-electron chi connectivity index (χ3n) is 5.55. The van der Waals surface area contributed by atoms with Crippen LogP contribution >= 0.6 is 0 Å². The summed E-state index contributed by atoms with van der Waals surface area (Å²) in [5.74, 6) is 1.73. The second-order valence-corrected chi connectivity index (χ2v) is 8.44. The first-order chi connectivity index (χ1) is 14.4. The molecule has 0 saturated carbocycles. The monoisotopic (exact) mass is 430 g/mol. The Labute approximate surface area is 207 Å². The Morgan fingerprint density at radius 1 is 1.06 bits per heavy atom. The molecule has 7 heteroatoms. The van der Waals surface area contributed by atoms with Crippen LogP contribution in [0.2, 0.25) is 0 Å². The van der Waals surface area contributed by atoms with Crippen LogP contribution in [0, 0.1) is 6.92 Å². The van der Waals surface area contributed by atoms with Crippen molar-refractivity contribution in [2.45, 2.75) is 65.2 Å². The summed E-state index contributed by atoms with van der Waals surface area (Å²) in [4.78, 5) is 0. The van der Waals surface area contributed by atoms with Crippen LogP contribution in [-0.2, 0) is 11.8 Å². The summed E-state index contributed by atoms with van der Waals surface area (Å²) >= 11 is 0. The van der Waals surface area contributed by atoms with Gasteiger partial charge >= 0.3 is 29.6 Å². The molecule has 0 radical (unpaired) electrons. The number of hydrogen-bond donors (Lipinski definition) is 1. The summed E-state index contributed by atoms with van der Waals surface area (Å²) in [6, 6.07) is 12.0. The zero-order valence-corrected chi connectivity index (χ0v) is 21.4. The van der Waals surface area contributed by atoms with Crippen molar-refractivity contribution in [3.8, 4) is 22.6 Å².